The minimum absolute atomic E-state index is 0.0538. The highest BCUT2D eigenvalue weighted by molar-refractivity contribution is 5.62. The summed E-state index contributed by atoms with van der Waals surface area (Å²) in [6.07, 6.45) is -1.49. The zero-order chi connectivity index (χ0) is 9.42. The van der Waals surface area contributed by atoms with E-state index in [-0.39, 0.29) is 31.2 Å². The van der Waals surface area contributed by atoms with Crippen molar-refractivity contribution in [3.05, 3.63) is 0 Å². The van der Waals surface area contributed by atoms with Gasteiger partial charge in [0.2, 0.25) is 0 Å². The van der Waals surface area contributed by atoms with E-state index in [0.29, 0.717) is 0 Å². The first-order valence-electron chi connectivity index (χ1n) is 4.29. The Morgan fingerprint density at radius 2 is 1.85 bits per heavy atom. The molecule has 5 nitrogen and oxygen atoms in total. The molecule has 0 aromatic carbocycles. The molecule has 0 aromatic heterocycles. The number of cyclic esters (lactones) is 2. The van der Waals surface area contributed by atoms with Crippen molar-refractivity contribution in [3.8, 4) is 0 Å². The van der Waals surface area contributed by atoms with Crippen molar-refractivity contribution < 1.29 is 23.7 Å². The monoisotopic (exact) mass is 188 g/mol. The zero-order valence-electron chi connectivity index (χ0n) is 7.56. The van der Waals surface area contributed by atoms with Gasteiger partial charge in [0.05, 0.1) is 6.10 Å². The highest BCUT2D eigenvalue weighted by Gasteiger charge is 2.44. The fourth-order valence-electron chi connectivity index (χ4n) is 1.61. The third-order valence-corrected chi connectivity index (χ3v) is 2.35. The first-order valence-corrected chi connectivity index (χ1v) is 4.29. The molecule has 74 valence electrons. The van der Waals surface area contributed by atoms with Crippen LogP contribution < -0.4 is 0 Å². The first-order chi connectivity index (χ1) is 6.18. The fourth-order valence-corrected chi connectivity index (χ4v) is 1.61. The summed E-state index contributed by atoms with van der Waals surface area (Å²) in [7, 11) is 0. The van der Waals surface area contributed by atoms with Crippen molar-refractivity contribution in [1.29, 1.82) is 0 Å². The average molecular weight is 188 g/mol. The molecule has 5 heteroatoms. The maximum Gasteiger partial charge on any atom is 0.509 e. The van der Waals surface area contributed by atoms with Crippen molar-refractivity contribution in [2.45, 2.75) is 38.3 Å². The molecule has 0 amide bonds. The van der Waals surface area contributed by atoms with Gasteiger partial charge in [0.15, 0.2) is 6.10 Å². The standard InChI is InChI=1S/C8H12O5/c1-4-6(11-3-10-4)7-5(2)12-8(9)13-7/h4-7H,3H2,1-2H3. The van der Waals surface area contributed by atoms with Crippen LogP contribution in [0.15, 0.2) is 0 Å². The van der Waals surface area contributed by atoms with Gasteiger partial charge in [-0.15, -0.1) is 0 Å². The first kappa shape index (κ1) is 8.77. The Bertz CT molecular complexity index is 217. The Labute approximate surface area is 75.9 Å². The molecule has 2 rings (SSSR count). The molecule has 4 unspecified atom stereocenters. The predicted molar refractivity (Wildman–Crippen MR) is 41.1 cm³/mol. The van der Waals surface area contributed by atoms with Crippen LogP contribution in [0.4, 0.5) is 4.79 Å². The van der Waals surface area contributed by atoms with E-state index < -0.39 is 6.16 Å². The summed E-state index contributed by atoms with van der Waals surface area (Å²) in [5.41, 5.74) is 0. The summed E-state index contributed by atoms with van der Waals surface area (Å²) in [5, 5.41) is 0. The van der Waals surface area contributed by atoms with Crippen LogP contribution in [0.1, 0.15) is 13.8 Å². The number of rotatable bonds is 1. The average Bonchev–Trinajstić information content (AvgIpc) is 2.58. The van der Waals surface area contributed by atoms with E-state index >= 15 is 0 Å². The van der Waals surface area contributed by atoms with Gasteiger partial charge in [0.1, 0.15) is 19.0 Å². The quantitative estimate of drug-likeness (QED) is 0.566. The van der Waals surface area contributed by atoms with Gasteiger partial charge in [-0.3, -0.25) is 0 Å². The molecule has 0 spiro atoms. The van der Waals surface area contributed by atoms with Crippen LogP contribution in [0.5, 0.6) is 0 Å². The van der Waals surface area contributed by atoms with E-state index in [9.17, 15) is 4.79 Å². The molecule has 13 heavy (non-hydrogen) atoms. The molecular formula is C8H12O5. The molecule has 2 aliphatic rings. The summed E-state index contributed by atoms with van der Waals surface area (Å²) in [6.45, 7) is 3.92. The van der Waals surface area contributed by atoms with Crippen LogP contribution in [-0.4, -0.2) is 37.4 Å². The van der Waals surface area contributed by atoms with Gasteiger partial charge in [0.25, 0.3) is 0 Å². The second kappa shape index (κ2) is 3.16. The van der Waals surface area contributed by atoms with Crippen LogP contribution in [0.2, 0.25) is 0 Å². The Balaban J connectivity index is 2.03. The number of hydrogen-bond acceptors (Lipinski definition) is 5. The molecule has 2 heterocycles. The molecule has 0 aromatic rings. The third-order valence-electron chi connectivity index (χ3n) is 2.35. The van der Waals surface area contributed by atoms with E-state index in [1.807, 2.05) is 6.92 Å². The van der Waals surface area contributed by atoms with Crippen LogP contribution in [0.3, 0.4) is 0 Å². The number of ether oxygens (including phenoxy) is 4. The molecule has 2 fully saturated rings. The Kier molecular flexibility index (Phi) is 2.13. The summed E-state index contributed by atoms with van der Waals surface area (Å²) < 4.78 is 20.3. The smallest absolute Gasteiger partial charge is 0.427 e. The number of carbonyl (C=O) groups excluding carboxylic acids is 1. The van der Waals surface area contributed by atoms with Crippen LogP contribution in [0.25, 0.3) is 0 Å². The fraction of sp³-hybridized carbons (Fsp3) is 0.875. The van der Waals surface area contributed by atoms with Gasteiger partial charge in [-0.2, -0.15) is 0 Å². The minimum Gasteiger partial charge on any atom is -0.427 e. The molecule has 4 atom stereocenters. The lowest BCUT2D eigenvalue weighted by Gasteiger charge is -2.19. The molecule has 2 saturated heterocycles. The molecule has 0 aliphatic carbocycles. The topological polar surface area (TPSA) is 54.0 Å². The van der Waals surface area contributed by atoms with Crippen molar-refractivity contribution in [2.24, 2.45) is 0 Å². The van der Waals surface area contributed by atoms with Gasteiger partial charge in [-0.05, 0) is 13.8 Å². The third kappa shape index (κ3) is 1.49. The predicted octanol–water partition coefficient (Wildman–Crippen LogP) is 0.672. The SMILES string of the molecule is CC1OCOC1C1OC(=O)OC1C. The summed E-state index contributed by atoms with van der Waals surface area (Å²) in [4.78, 5) is 10.8. The highest BCUT2D eigenvalue weighted by atomic mass is 16.8. The second-order valence-electron chi connectivity index (χ2n) is 3.28. The molecular weight excluding hydrogens is 176 g/mol. The van der Waals surface area contributed by atoms with Crippen molar-refractivity contribution in [1.82, 2.24) is 0 Å². The van der Waals surface area contributed by atoms with Gasteiger partial charge in [-0.1, -0.05) is 0 Å². The zero-order valence-corrected chi connectivity index (χ0v) is 7.56. The molecule has 0 bridgehead atoms. The Hall–Kier alpha value is -0.810. The molecule has 2 aliphatic heterocycles. The Morgan fingerprint density at radius 3 is 2.31 bits per heavy atom. The van der Waals surface area contributed by atoms with E-state index in [1.165, 1.54) is 0 Å². The molecule has 0 radical (unpaired) electrons. The summed E-state index contributed by atoms with van der Waals surface area (Å²) >= 11 is 0. The number of carbonyl (C=O) groups is 1. The van der Waals surface area contributed by atoms with Crippen LogP contribution in [-0.2, 0) is 18.9 Å². The van der Waals surface area contributed by atoms with E-state index in [4.69, 9.17) is 18.9 Å². The normalized spacial score (nSPS) is 44.6. The Morgan fingerprint density at radius 1 is 1.08 bits per heavy atom. The van der Waals surface area contributed by atoms with Crippen molar-refractivity contribution in [3.63, 3.8) is 0 Å². The largest absolute Gasteiger partial charge is 0.509 e. The lowest BCUT2D eigenvalue weighted by atomic mass is 10.1. The van der Waals surface area contributed by atoms with Gasteiger partial charge in [-0.25, -0.2) is 4.79 Å². The van der Waals surface area contributed by atoms with Crippen molar-refractivity contribution in [2.75, 3.05) is 6.79 Å². The molecule has 0 saturated carbocycles. The van der Waals surface area contributed by atoms with Crippen LogP contribution in [0, 0.1) is 0 Å². The summed E-state index contributed by atoms with van der Waals surface area (Å²) in [6, 6.07) is 0. The lowest BCUT2D eigenvalue weighted by Crippen LogP contribution is -2.39. The van der Waals surface area contributed by atoms with Gasteiger partial charge < -0.3 is 18.9 Å². The lowest BCUT2D eigenvalue weighted by molar-refractivity contribution is -0.0117. The van der Waals surface area contributed by atoms with Crippen molar-refractivity contribution >= 4 is 6.16 Å². The maximum atomic E-state index is 10.8. The van der Waals surface area contributed by atoms with Gasteiger partial charge in [0, 0.05) is 0 Å². The van der Waals surface area contributed by atoms with E-state index in [2.05, 4.69) is 0 Å². The van der Waals surface area contributed by atoms with Gasteiger partial charge >= 0.3 is 6.16 Å². The molecule has 0 N–H and O–H groups in total. The minimum atomic E-state index is -0.625. The summed E-state index contributed by atoms with van der Waals surface area (Å²) in [5.74, 6) is 0. The number of hydrogen-bond donors (Lipinski definition) is 0. The maximum absolute atomic E-state index is 10.8. The van der Waals surface area contributed by atoms with Crippen LogP contribution >= 0.6 is 0 Å². The van der Waals surface area contributed by atoms with E-state index in [1.54, 1.807) is 6.92 Å². The highest BCUT2D eigenvalue weighted by Crippen LogP contribution is 2.26. The van der Waals surface area contributed by atoms with E-state index in [0.717, 1.165) is 0 Å². The second-order valence-corrected chi connectivity index (χ2v) is 3.28.